The van der Waals surface area contributed by atoms with Gasteiger partial charge >= 0.3 is 0 Å². The van der Waals surface area contributed by atoms with Gasteiger partial charge < -0.3 is 14.8 Å². The highest BCUT2D eigenvalue weighted by atomic mass is 79.9. The molecule has 0 saturated heterocycles. The van der Waals surface area contributed by atoms with Crippen LogP contribution in [0.2, 0.25) is 0 Å². The summed E-state index contributed by atoms with van der Waals surface area (Å²) in [4.78, 5) is 0. The highest BCUT2D eigenvalue weighted by Crippen LogP contribution is 2.30. The van der Waals surface area contributed by atoms with E-state index >= 15 is 0 Å². The second kappa shape index (κ2) is 7.88. The summed E-state index contributed by atoms with van der Waals surface area (Å²) in [5.41, 5.74) is 1.21. The van der Waals surface area contributed by atoms with Crippen molar-refractivity contribution in [1.29, 1.82) is 0 Å². The molecule has 19 heavy (non-hydrogen) atoms. The minimum absolute atomic E-state index is 0.596. The van der Waals surface area contributed by atoms with E-state index < -0.39 is 0 Å². The first kappa shape index (κ1) is 14.8. The lowest BCUT2D eigenvalue weighted by atomic mass is 10.2. The molecule has 0 bridgehead atoms. The van der Waals surface area contributed by atoms with Gasteiger partial charge in [-0.05, 0) is 41.3 Å². The van der Waals surface area contributed by atoms with Crippen LogP contribution in [0.5, 0.6) is 5.75 Å². The van der Waals surface area contributed by atoms with Crippen LogP contribution in [0, 0.1) is 0 Å². The van der Waals surface area contributed by atoms with Gasteiger partial charge in [0.05, 0.1) is 11.1 Å². The SMILES string of the molecule is CCCOCCOc1c(Br)cccc1CNC1CC1. The van der Waals surface area contributed by atoms with Gasteiger partial charge in [0.15, 0.2) is 0 Å². The van der Waals surface area contributed by atoms with E-state index in [1.54, 1.807) is 0 Å². The Bertz CT molecular complexity index is 394. The number of ether oxygens (including phenoxy) is 2. The van der Waals surface area contributed by atoms with Gasteiger partial charge in [0.1, 0.15) is 12.4 Å². The first-order chi connectivity index (χ1) is 9.31. The second-order valence-corrected chi connectivity index (χ2v) is 5.70. The lowest BCUT2D eigenvalue weighted by molar-refractivity contribution is 0.0999. The molecule has 3 nitrogen and oxygen atoms in total. The summed E-state index contributed by atoms with van der Waals surface area (Å²) in [6, 6.07) is 6.89. The van der Waals surface area contributed by atoms with E-state index in [1.165, 1.54) is 18.4 Å². The number of hydrogen-bond donors (Lipinski definition) is 1. The molecule has 0 spiro atoms. The Labute approximate surface area is 123 Å². The molecule has 0 heterocycles. The first-order valence-electron chi connectivity index (χ1n) is 7.02. The van der Waals surface area contributed by atoms with Crippen molar-refractivity contribution in [1.82, 2.24) is 5.32 Å². The molecule has 1 aromatic carbocycles. The molecule has 1 aromatic rings. The number of halogens is 1. The molecule has 1 fully saturated rings. The fourth-order valence-electron chi connectivity index (χ4n) is 1.85. The van der Waals surface area contributed by atoms with Gasteiger partial charge in [-0.15, -0.1) is 0 Å². The zero-order valence-electron chi connectivity index (χ0n) is 11.5. The summed E-state index contributed by atoms with van der Waals surface area (Å²) in [5.74, 6) is 0.941. The maximum absolute atomic E-state index is 5.86. The summed E-state index contributed by atoms with van der Waals surface area (Å²) in [5, 5.41) is 3.52. The molecule has 0 amide bonds. The predicted octanol–water partition coefficient (Wildman–Crippen LogP) is 3.51. The highest BCUT2D eigenvalue weighted by Gasteiger charge is 2.20. The third-order valence-electron chi connectivity index (χ3n) is 3.03. The highest BCUT2D eigenvalue weighted by molar-refractivity contribution is 9.10. The predicted molar refractivity (Wildman–Crippen MR) is 80.6 cm³/mol. The number of rotatable bonds is 9. The van der Waals surface area contributed by atoms with Crippen LogP contribution in [0.3, 0.4) is 0 Å². The van der Waals surface area contributed by atoms with Crippen LogP contribution in [0.25, 0.3) is 0 Å². The van der Waals surface area contributed by atoms with Gasteiger partial charge in [-0.2, -0.15) is 0 Å². The van der Waals surface area contributed by atoms with E-state index in [9.17, 15) is 0 Å². The monoisotopic (exact) mass is 327 g/mol. The summed E-state index contributed by atoms with van der Waals surface area (Å²) in [7, 11) is 0. The zero-order valence-corrected chi connectivity index (χ0v) is 13.0. The topological polar surface area (TPSA) is 30.5 Å². The Kier molecular flexibility index (Phi) is 6.14. The third-order valence-corrected chi connectivity index (χ3v) is 3.65. The average Bonchev–Trinajstić information content (AvgIpc) is 3.22. The summed E-state index contributed by atoms with van der Waals surface area (Å²) in [6.45, 7) is 5.02. The Morgan fingerprint density at radius 1 is 1.26 bits per heavy atom. The lowest BCUT2D eigenvalue weighted by Gasteiger charge is -2.14. The lowest BCUT2D eigenvalue weighted by Crippen LogP contribution is -2.17. The molecule has 0 radical (unpaired) electrons. The van der Waals surface area contributed by atoms with Gasteiger partial charge in [0.2, 0.25) is 0 Å². The second-order valence-electron chi connectivity index (χ2n) is 4.84. The van der Waals surface area contributed by atoms with E-state index in [1.807, 2.05) is 6.07 Å². The molecule has 0 unspecified atom stereocenters. The molecule has 0 atom stereocenters. The quantitative estimate of drug-likeness (QED) is 0.704. The molecule has 106 valence electrons. The van der Waals surface area contributed by atoms with E-state index in [0.717, 1.165) is 29.8 Å². The van der Waals surface area contributed by atoms with E-state index in [2.05, 4.69) is 40.3 Å². The van der Waals surface area contributed by atoms with Gasteiger partial charge in [-0.25, -0.2) is 0 Å². The average molecular weight is 328 g/mol. The number of benzene rings is 1. The molecule has 1 aliphatic rings. The molecule has 1 saturated carbocycles. The van der Waals surface area contributed by atoms with Crippen LogP contribution in [0.15, 0.2) is 22.7 Å². The van der Waals surface area contributed by atoms with Gasteiger partial charge in [0, 0.05) is 24.8 Å². The van der Waals surface area contributed by atoms with Crippen LogP contribution in [-0.2, 0) is 11.3 Å². The van der Waals surface area contributed by atoms with Crippen molar-refractivity contribution in [2.45, 2.75) is 38.8 Å². The fraction of sp³-hybridized carbons (Fsp3) is 0.600. The van der Waals surface area contributed by atoms with Crippen molar-refractivity contribution < 1.29 is 9.47 Å². The zero-order chi connectivity index (χ0) is 13.5. The Hall–Kier alpha value is -0.580. The Morgan fingerprint density at radius 3 is 2.84 bits per heavy atom. The maximum atomic E-state index is 5.86. The molecule has 4 heteroatoms. The summed E-state index contributed by atoms with van der Waals surface area (Å²) in [6.07, 6.45) is 3.65. The normalized spacial score (nSPS) is 14.6. The Balaban J connectivity index is 1.84. The number of nitrogens with one attached hydrogen (secondary N) is 1. The first-order valence-corrected chi connectivity index (χ1v) is 7.82. The van der Waals surface area contributed by atoms with Gasteiger partial charge in [-0.1, -0.05) is 19.1 Å². The van der Waals surface area contributed by atoms with Crippen LogP contribution < -0.4 is 10.1 Å². The minimum atomic E-state index is 0.596. The number of para-hydroxylation sites is 1. The standard InChI is InChI=1S/C15H22BrNO2/c1-2-8-18-9-10-19-15-12(4-3-5-14(15)16)11-17-13-6-7-13/h3-5,13,17H,2,6-11H2,1H3. The summed E-state index contributed by atoms with van der Waals surface area (Å²) < 4.78 is 12.3. The molecular formula is C15H22BrNO2. The molecule has 1 aliphatic carbocycles. The van der Waals surface area contributed by atoms with Crippen LogP contribution in [0.4, 0.5) is 0 Å². The smallest absolute Gasteiger partial charge is 0.138 e. The van der Waals surface area contributed by atoms with Crippen molar-refractivity contribution in [3.8, 4) is 5.75 Å². The van der Waals surface area contributed by atoms with E-state index in [4.69, 9.17) is 9.47 Å². The van der Waals surface area contributed by atoms with Crippen LogP contribution in [-0.4, -0.2) is 25.9 Å². The largest absolute Gasteiger partial charge is 0.490 e. The summed E-state index contributed by atoms with van der Waals surface area (Å²) >= 11 is 3.56. The fourth-order valence-corrected chi connectivity index (χ4v) is 2.37. The van der Waals surface area contributed by atoms with E-state index in [-0.39, 0.29) is 0 Å². The maximum Gasteiger partial charge on any atom is 0.138 e. The van der Waals surface area contributed by atoms with E-state index in [0.29, 0.717) is 19.3 Å². The van der Waals surface area contributed by atoms with Crippen molar-refractivity contribution >= 4 is 15.9 Å². The van der Waals surface area contributed by atoms with Crippen LogP contribution >= 0.6 is 15.9 Å². The Morgan fingerprint density at radius 2 is 2.11 bits per heavy atom. The van der Waals surface area contributed by atoms with Gasteiger partial charge in [-0.3, -0.25) is 0 Å². The molecule has 1 N–H and O–H groups in total. The molecule has 0 aromatic heterocycles. The molecule has 0 aliphatic heterocycles. The van der Waals surface area contributed by atoms with Crippen LogP contribution in [0.1, 0.15) is 31.7 Å². The third kappa shape index (κ3) is 5.13. The van der Waals surface area contributed by atoms with Crippen molar-refractivity contribution in [2.24, 2.45) is 0 Å². The van der Waals surface area contributed by atoms with Crippen molar-refractivity contribution in [3.63, 3.8) is 0 Å². The minimum Gasteiger partial charge on any atom is -0.490 e. The molecule has 2 rings (SSSR count). The number of hydrogen-bond acceptors (Lipinski definition) is 3. The van der Waals surface area contributed by atoms with Crippen molar-refractivity contribution in [3.05, 3.63) is 28.2 Å². The van der Waals surface area contributed by atoms with Gasteiger partial charge in [0.25, 0.3) is 0 Å². The van der Waals surface area contributed by atoms with Crippen molar-refractivity contribution in [2.75, 3.05) is 19.8 Å². The molecular weight excluding hydrogens is 306 g/mol.